The maximum absolute atomic E-state index is 11.4. The quantitative estimate of drug-likeness (QED) is 0.465. The lowest BCUT2D eigenvalue weighted by atomic mass is 9.78. The first kappa shape index (κ1) is 10.3. The number of rotatable bonds is 2. The van der Waals surface area contributed by atoms with E-state index in [1.165, 1.54) is 14.2 Å². The molecule has 4 heteroatoms. The van der Waals surface area contributed by atoms with Crippen LogP contribution in [0.5, 0.6) is 0 Å². The number of carbonyl (C=O) groups is 1. The summed E-state index contributed by atoms with van der Waals surface area (Å²) in [6.45, 7) is 0. The summed E-state index contributed by atoms with van der Waals surface area (Å²) in [5.41, 5.74) is 0.00836. The summed E-state index contributed by atoms with van der Waals surface area (Å²) in [7, 11) is 8.49. The molecule has 0 amide bonds. The fourth-order valence-corrected chi connectivity index (χ4v) is 1.49. The normalized spacial score (nSPS) is 28.0. The Kier molecular flexibility index (Phi) is 3.14. The van der Waals surface area contributed by atoms with Crippen LogP contribution in [-0.2, 0) is 14.3 Å². The van der Waals surface area contributed by atoms with E-state index in [9.17, 15) is 4.79 Å². The van der Waals surface area contributed by atoms with Crippen LogP contribution in [-0.4, -0.2) is 33.6 Å². The van der Waals surface area contributed by atoms with Gasteiger partial charge in [0.15, 0.2) is 5.60 Å². The van der Waals surface area contributed by atoms with Crippen LogP contribution in [0, 0.1) is 0 Å². The molecule has 1 rings (SSSR count). The van der Waals surface area contributed by atoms with Gasteiger partial charge in [0.05, 0.1) is 7.11 Å². The minimum Gasteiger partial charge on any atom is -0.467 e. The van der Waals surface area contributed by atoms with Crippen molar-refractivity contribution in [2.75, 3.05) is 14.2 Å². The van der Waals surface area contributed by atoms with Crippen molar-refractivity contribution in [2.45, 2.75) is 24.9 Å². The first-order valence-corrected chi connectivity index (χ1v) is 4.23. The minimum atomic E-state index is -0.808. The lowest BCUT2D eigenvalue weighted by Gasteiger charge is -2.31. The summed E-state index contributed by atoms with van der Waals surface area (Å²) in [6.07, 6.45) is 3.60. The second kappa shape index (κ2) is 3.96. The Bertz CT molecular complexity index is 237. The van der Waals surface area contributed by atoms with E-state index in [0.29, 0.717) is 19.3 Å². The van der Waals surface area contributed by atoms with E-state index in [-0.39, 0.29) is 5.97 Å². The highest BCUT2D eigenvalue weighted by Gasteiger charge is 2.39. The van der Waals surface area contributed by atoms with Crippen molar-refractivity contribution < 1.29 is 14.3 Å². The molecule has 0 heterocycles. The zero-order chi connectivity index (χ0) is 9.90. The van der Waals surface area contributed by atoms with Crippen LogP contribution in [0.1, 0.15) is 19.3 Å². The maximum atomic E-state index is 11.4. The molecule has 0 bridgehead atoms. The highest BCUT2D eigenvalue weighted by Crippen LogP contribution is 2.30. The highest BCUT2D eigenvalue weighted by atomic mass is 16.6. The first-order valence-electron chi connectivity index (χ1n) is 4.23. The number of carbonyl (C=O) groups excluding carboxylic acids is 1. The van der Waals surface area contributed by atoms with Crippen molar-refractivity contribution in [3.8, 4) is 0 Å². The number of esters is 1. The predicted molar refractivity (Wildman–Crippen MR) is 49.4 cm³/mol. The molecule has 0 saturated heterocycles. The topological polar surface area (TPSA) is 35.5 Å². The van der Waals surface area contributed by atoms with Gasteiger partial charge in [-0.1, -0.05) is 6.08 Å². The SMILES string of the molecule is [B]C1=CCC(OC)(C(=O)OC)CC1. The molecule has 0 N–H and O–H groups in total. The van der Waals surface area contributed by atoms with Gasteiger partial charge in [-0.05, 0) is 12.8 Å². The Morgan fingerprint density at radius 3 is 2.69 bits per heavy atom. The maximum Gasteiger partial charge on any atom is 0.338 e. The number of methoxy groups -OCH3 is 2. The summed E-state index contributed by atoms with van der Waals surface area (Å²) in [6, 6.07) is 0. The van der Waals surface area contributed by atoms with Crippen LogP contribution in [0.15, 0.2) is 11.5 Å². The monoisotopic (exact) mass is 180 g/mol. The van der Waals surface area contributed by atoms with Gasteiger partial charge in [0, 0.05) is 13.5 Å². The van der Waals surface area contributed by atoms with E-state index >= 15 is 0 Å². The minimum absolute atomic E-state index is 0.321. The van der Waals surface area contributed by atoms with E-state index in [0.717, 1.165) is 5.47 Å². The fraction of sp³-hybridized carbons (Fsp3) is 0.667. The van der Waals surface area contributed by atoms with E-state index in [4.69, 9.17) is 12.6 Å². The molecule has 1 aliphatic rings. The van der Waals surface area contributed by atoms with Crippen molar-refractivity contribution in [1.29, 1.82) is 0 Å². The van der Waals surface area contributed by atoms with E-state index in [1.807, 2.05) is 6.08 Å². The first-order chi connectivity index (χ1) is 6.14. The summed E-state index contributed by atoms with van der Waals surface area (Å²) in [5, 5.41) is 0. The Hall–Kier alpha value is -0.765. The molecule has 1 unspecified atom stereocenters. The van der Waals surface area contributed by atoms with Gasteiger partial charge < -0.3 is 9.47 Å². The molecule has 0 fully saturated rings. The van der Waals surface area contributed by atoms with E-state index in [2.05, 4.69) is 4.74 Å². The van der Waals surface area contributed by atoms with Gasteiger partial charge in [0.2, 0.25) is 0 Å². The third kappa shape index (κ3) is 1.94. The Morgan fingerprint density at radius 1 is 1.62 bits per heavy atom. The number of ether oxygens (including phenoxy) is 2. The van der Waals surface area contributed by atoms with Crippen LogP contribution in [0.25, 0.3) is 0 Å². The van der Waals surface area contributed by atoms with Gasteiger partial charge in [-0.2, -0.15) is 0 Å². The smallest absolute Gasteiger partial charge is 0.338 e. The molecule has 2 radical (unpaired) electrons. The average molecular weight is 180 g/mol. The van der Waals surface area contributed by atoms with Gasteiger partial charge in [-0.3, -0.25) is 0 Å². The number of allylic oxidation sites excluding steroid dienone is 1. The summed E-state index contributed by atoms with van der Waals surface area (Å²) in [5.74, 6) is -0.321. The molecular formula is C9H13BO3. The molecule has 70 valence electrons. The molecule has 0 saturated carbocycles. The zero-order valence-corrected chi connectivity index (χ0v) is 8.00. The second-order valence-electron chi connectivity index (χ2n) is 3.17. The van der Waals surface area contributed by atoms with Gasteiger partial charge in [-0.25, -0.2) is 4.79 Å². The van der Waals surface area contributed by atoms with Crippen LogP contribution in [0.2, 0.25) is 0 Å². The van der Waals surface area contributed by atoms with E-state index in [1.54, 1.807) is 0 Å². The van der Waals surface area contributed by atoms with Gasteiger partial charge in [0.25, 0.3) is 0 Å². The van der Waals surface area contributed by atoms with Crippen molar-refractivity contribution in [3.05, 3.63) is 11.5 Å². The largest absolute Gasteiger partial charge is 0.467 e. The molecule has 0 spiro atoms. The lowest BCUT2D eigenvalue weighted by Crippen LogP contribution is -2.42. The molecular weight excluding hydrogens is 167 g/mol. The zero-order valence-electron chi connectivity index (χ0n) is 8.00. The molecule has 1 atom stereocenters. The average Bonchev–Trinajstić information content (AvgIpc) is 2.18. The Morgan fingerprint density at radius 2 is 2.31 bits per heavy atom. The molecule has 3 nitrogen and oxygen atoms in total. The van der Waals surface area contributed by atoms with Gasteiger partial charge >= 0.3 is 5.97 Å². The van der Waals surface area contributed by atoms with Crippen LogP contribution in [0.3, 0.4) is 0 Å². The molecule has 1 aliphatic carbocycles. The predicted octanol–water partition coefficient (Wildman–Crippen LogP) is 0.781. The van der Waals surface area contributed by atoms with E-state index < -0.39 is 5.60 Å². The van der Waals surface area contributed by atoms with Gasteiger partial charge in [0.1, 0.15) is 7.85 Å². The van der Waals surface area contributed by atoms with Crippen LogP contribution < -0.4 is 0 Å². The number of hydrogen-bond acceptors (Lipinski definition) is 3. The third-order valence-corrected chi connectivity index (χ3v) is 2.46. The molecule has 0 aromatic carbocycles. The molecule has 0 aromatic rings. The fourth-order valence-electron chi connectivity index (χ4n) is 1.49. The molecule has 0 aliphatic heterocycles. The summed E-state index contributed by atoms with van der Waals surface area (Å²) >= 11 is 0. The van der Waals surface area contributed by atoms with Gasteiger partial charge in [-0.15, -0.1) is 5.47 Å². The Balaban J connectivity index is 2.78. The van der Waals surface area contributed by atoms with Crippen molar-refractivity contribution in [3.63, 3.8) is 0 Å². The lowest BCUT2D eigenvalue weighted by molar-refractivity contribution is -0.167. The number of hydrogen-bond donors (Lipinski definition) is 0. The standard InChI is InChI=1S/C9H13BO3/c1-12-8(11)9(13-2)5-3-7(10)4-6-9/h3H,4-6H2,1-2H3. The Labute approximate surface area is 79.5 Å². The summed E-state index contributed by atoms with van der Waals surface area (Å²) in [4.78, 5) is 11.4. The highest BCUT2D eigenvalue weighted by molar-refractivity contribution is 6.21. The molecule has 0 aromatic heterocycles. The second-order valence-corrected chi connectivity index (χ2v) is 3.17. The van der Waals surface area contributed by atoms with Crippen LogP contribution in [0.4, 0.5) is 0 Å². The molecule has 13 heavy (non-hydrogen) atoms. The third-order valence-electron chi connectivity index (χ3n) is 2.46. The van der Waals surface area contributed by atoms with Crippen molar-refractivity contribution >= 4 is 13.8 Å². The van der Waals surface area contributed by atoms with Crippen molar-refractivity contribution in [1.82, 2.24) is 0 Å². The van der Waals surface area contributed by atoms with Crippen LogP contribution >= 0.6 is 0 Å². The summed E-state index contributed by atoms with van der Waals surface area (Å²) < 4.78 is 9.89. The van der Waals surface area contributed by atoms with Crippen molar-refractivity contribution in [2.24, 2.45) is 0 Å².